The third-order valence-electron chi connectivity index (χ3n) is 5.49. The molecule has 0 aromatic carbocycles. The van der Waals surface area contributed by atoms with Crippen molar-refractivity contribution in [2.45, 2.75) is 32.0 Å². The van der Waals surface area contributed by atoms with Crippen molar-refractivity contribution >= 4 is 17.8 Å². The SMILES string of the molecule is CN1CCN(Cc2cn3c(n2)CN(C(=O)c2ccccn2)CC3)CC1.O=C(O)C(F)(F)F.O=C(O)C(F)(F)F. The van der Waals surface area contributed by atoms with Crippen LogP contribution in [0.4, 0.5) is 26.3 Å². The number of rotatable bonds is 3. The Labute approximate surface area is 218 Å². The van der Waals surface area contributed by atoms with E-state index in [0.29, 0.717) is 18.8 Å². The lowest BCUT2D eigenvalue weighted by atomic mass is 10.3. The van der Waals surface area contributed by atoms with Crippen molar-refractivity contribution in [3.05, 3.63) is 47.8 Å². The van der Waals surface area contributed by atoms with E-state index in [2.05, 4.69) is 32.6 Å². The van der Waals surface area contributed by atoms with Crippen LogP contribution >= 0.6 is 0 Å². The zero-order valence-corrected chi connectivity index (χ0v) is 20.6. The molecule has 39 heavy (non-hydrogen) atoms. The Morgan fingerprint density at radius 1 is 0.897 bits per heavy atom. The molecular weight excluding hydrogens is 542 g/mol. The van der Waals surface area contributed by atoms with Gasteiger partial charge in [0.25, 0.3) is 5.91 Å². The van der Waals surface area contributed by atoms with Crippen LogP contribution in [0.1, 0.15) is 22.0 Å². The second kappa shape index (κ2) is 13.4. The molecule has 0 atom stereocenters. The van der Waals surface area contributed by atoms with Crippen LogP contribution < -0.4 is 0 Å². The fourth-order valence-corrected chi connectivity index (χ4v) is 3.45. The monoisotopic (exact) mass is 568 g/mol. The number of aliphatic carboxylic acids is 2. The van der Waals surface area contributed by atoms with Crippen molar-refractivity contribution in [2.24, 2.45) is 0 Å². The third-order valence-corrected chi connectivity index (χ3v) is 5.49. The minimum atomic E-state index is -5.08. The lowest BCUT2D eigenvalue weighted by Gasteiger charge is -2.31. The lowest BCUT2D eigenvalue weighted by molar-refractivity contribution is -0.193. The molecule has 216 valence electrons. The summed E-state index contributed by atoms with van der Waals surface area (Å²) in [4.78, 5) is 46.0. The van der Waals surface area contributed by atoms with Gasteiger partial charge in [-0.05, 0) is 19.2 Å². The molecule has 1 fully saturated rings. The molecule has 2 aromatic rings. The number of aromatic nitrogens is 3. The summed E-state index contributed by atoms with van der Waals surface area (Å²) in [5, 5.41) is 14.2. The number of carbonyl (C=O) groups is 3. The summed E-state index contributed by atoms with van der Waals surface area (Å²) in [5.74, 6) is -4.56. The van der Waals surface area contributed by atoms with E-state index in [1.54, 1.807) is 12.3 Å². The minimum Gasteiger partial charge on any atom is -0.475 e. The van der Waals surface area contributed by atoms with Crippen molar-refractivity contribution in [1.82, 2.24) is 29.2 Å². The molecule has 4 rings (SSSR count). The van der Waals surface area contributed by atoms with Gasteiger partial charge in [0.05, 0.1) is 12.2 Å². The van der Waals surface area contributed by atoms with Crippen LogP contribution in [-0.4, -0.2) is 109 Å². The van der Waals surface area contributed by atoms with Gasteiger partial charge >= 0.3 is 24.3 Å². The number of carboxylic acids is 2. The Bertz CT molecular complexity index is 1090. The Hall–Kier alpha value is -3.73. The molecule has 0 unspecified atom stereocenters. The smallest absolute Gasteiger partial charge is 0.475 e. The van der Waals surface area contributed by atoms with Gasteiger partial charge < -0.3 is 24.6 Å². The normalized spacial score (nSPS) is 16.2. The first-order valence-electron chi connectivity index (χ1n) is 11.3. The van der Waals surface area contributed by atoms with Crippen LogP contribution in [0.2, 0.25) is 0 Å². The predicted molar refractivity (Wildman–Crippen MR) is 121 cm³/mol. The second-order valence-electron chi connectivity index (χ2n) is 8.47. The number of amides is 1. The number of likely N-dealkylation sites (N-methyl/N-ethyl adjacent to an activating group) is 1. The Kier molecular flexibility index (Phi) is 10.8. The fraction of sp³-hybridized carbons (Fsp3) is 0.500. The predicted octanol–water partition coefficient (Wildman–Crippen LogP) is 1.95. The summed E-state index contributed by atoms with van der Waals surface area (Å²) in [7, 11) is 2.17. The maximum atomic E-state index is 12.6. The van der Waals surface area contributed by atoms with Crippen molar-refractivity contribution in [1.29, 1.82) is 0 Å². The molecule has 1 saturated heterocycles. The summed E-state index contributed by atoms with van der Waals surface area (Å²) in [6.45, 7) is 7.34. The van der Waals surface area contributed by atoms with E-state index in [0.717, 1.165) is 50.8 Å². The van der Waals surface area contributed by atoms with Crippen LogP contribution in [0, 0.1) is 0 Å². The highest BCUT2D eigenvalue weighted by atomic mass is 19.4. The summed E-state index contributed by atoms with van der Waals surface area (Å²) >= 11 is 0. The summed E-state index contributed by atoms with van der Waals surface area (Å²) in [6, 6.07) is 5.44. The molecule has 2 aromatic heterocycles. The van der Waals surface area contributed by atoms with Gasteiger partial charge in [-0.1, -0.05) is 6.07 Å². The fourth-order valence-electron chi connectivity index (χ4n) is 3.45. The Morgan fingerprint density at radius 2 is 1.46 bits per heavy atom. The minimum absolute atomic E-state index is 0.0181. The van der Waals surface area contributed by atoms with Crippen LogP contribution in [0.5, 0.6) is 0 Å². The molecular formula is C22H26F6N6O5. The molecule has 4 heterocycles. The molecule has 11 nitrogen and oxygen atoms in total. The maximum absolute atomic E-state index is 12.6. The van der Waals surface area contributed by atoms with Gasteiger partial charge in [0.2, 0.25) is 0 Å². The third kappa shape index (κ3) is 10.2. The number of carbonyl (C=O) groups excluding carboxylic acids is 1. The molecule has 2 N–H and O–H groups in total. The number of hydrogen-bond donors (Lipinski definition) is 2. The first-order chi connectivity index (χ1) is 18.1. The van der Waals surface area contributed by atoms with E-state index in [1.807, 2.05) is 17.0 Å². The van der Waals surface area contributed by atoms with Crippen LogP contribution in [-0.2, 0) is 29.2 Å². The highest BCUT2D eigenvalue weighted by Gasteiger charge is 2.38. The number of pyridine rings is 1. The number of piperazine rings is 1. The molecule has 1 amide bonds. The van der Waals surface area contributed by atoms with Gasteiger partial charge in [-0.15, -0.1) is 0 Å². The Balaban J connectivity index is 0.000000317. The first-order valence-corrected chi connectivity index (χ1v) is 11.3. The molecule has 0 spiro atoms. The summed E-state index contributed by atoms with van der Waals surface area (Å²) < 4.78 is 65.7. The van der Waals surface area contributed by atoms with Gasteiger partial charge in [-0.25, -0.2) is 14.6 Å². The molecule has 0 bridgehead atoms. The highest BCUT2D eigenvalue weighted by molar-refractivity contribution is 5.92. The van der Waals surface area contributed by atoms with E-state index in [1.165, 1.54) is 0 Å². The zero-order chi connectivity index (χ0) is 29.4. The molecule has 0 radical (unpaired) electrons. The van der Waals surface area contributed by atoms with Crippen LogP contribution in [0.3, 0.4) is 0 Å². The van der Waals surface area contributed by atoms with Crippen LogP contribution in [0.15, 0.2) is 30.6 Å². The van der Waals surface area contributed by atoms with Gasteiger partial charge in [-0.3, -0.25) is 14.7 Å². The number of imidazole rings is 1. The molecule has 17 heteroatoms. The standard InChI is InChI=1S/C18H24N6O.2C2HF3O2/c1-21-6-8-22(9-7-21)12-15-13-23-10-11-24(14-17(23)20-15)18(25)16-4-2-3-5-19-16;2*3-2(4,5)1(6)7/h2-5,13H,6-12,14H2,1H3;2*(H,6,7). The average molecular weight is 568 g/mol. The molecule has 0 aliphatic carbocycles. The van der Waals surface area contributed by atoms with E-state index >= 15 is 0 Å². The van der Waals surface area contributed by atoms with Crippen molar-refractivity contribution in [2.75, 3.05) is 39.8 Å². The summed E-state index contributed by atoms with van der Waals surface area (Å²) in [6.07, 6.45) is -6.36. The number of alkyl halides is 6. The van der Waals surface area contributed by atoms with E-state index < -0.39 is 24.3 Å². The zero-order valence-electron chi connectivity index (χ0n) is 20.6. The topological polar surface area (TPSA) is 132 Å². The molecule has 2 aliphatic rings. The van der Waals surface area contributed by atoms with Gasteiger partial charge in [0.1, 0.15) is 11.5 Å². The van der Waals surface area contributed by atoms with Crippen LogP contribution in [0.25, 0.3) is 0 Å². The van der Waals surface area contributed by atoms with E-state index in [-0.39, 0.29) is 5.91 Å². The molecule has 0 saturated carbocycles. The van der Waals surface area contributed by atoms with E-state index in [9.17, 15) is 31.1 Å². The van der Waals surface area contributed by atoms with Crippen molar-refractivity contribution in [3.8, 4) is 0 Å². The van der Waals surface area contributed by atoms with Gasteiger partial charge in [-0.2, -0.15) is 26.3 Å². The number of carboxylic acid groups (broad SMARTS) is 2. The Morgan fingerprint density at radius 3 is 1.95 bits per heavy atom. The maximum Gasteiger partial charge on any atom is 0.490 e. The highest BCUT2D eigenvalue weighted by Crippen LogP contribution is 2.17. The summed E-state index contributed by atoms with van der Waals surface area (Å²) in [5.41, 5.74) is 1.60. The largest absolute Gasteiger partial charge is 0.490 e. The van der Waals surface area contributed by atoms with E-state index in [4.69, 9.17) is 24.8 Å². The molecule has 2 aliphatic heterocycles. The lowest BCUT2D eigenvalue weighted by Crippen LogP contribution is -2.43. The number of hydrogen-bond acceptors (Lipinski definition) is 7. The first kappa shape index (κ1) is 31.5. The quantitative estimate of drug-likeness (QED) is 0.534. The number of nitrogens with zero attached hydrogens (tertiary/aromatic N) is 6. The number of halogens is 6. The number of fused-ring (bicyclic) bond motifs is 1. The van der Waals surface area contributed by atoms with Gasteiger partial charge in [0, 0.05) is 58.2 Å². The average Bonchev–Trinajstić information content (AvgIpc) is 3.26. The van der Waals surface area contributed by atoms with Crippen molar-refractivity contribution in [3.63, 3.8) is 0 Å². The van der Waals surface area contributed by atoms with Gasteiger partial charge in [0.15, 0.2) is 0 Å². The second-order valence-corrected chi connectivity index (χ2v) is 8.47. The van der Waals surface area contributed by atoms with Crippen molar-refractivity contribution < 1.29 is 50.9 Å².